The maximum Gasteiger partial charge on any atom is 0.247 e. The van der Waals surface area contributed by atoms with Gasteiger partial charge in [-0.05, 0) is 31.4 Å². The average Bonchev–Trinajstić information content (AvgIpc) is 3.17. The maximum atomic E-state index is 13.5. The lowest BCUT2D eigenvalue weighted by atomic mass is 9.98. The first-order chi connectivity index (χ1) is 15.2. The third-order valence-corrected chi connectivity index (χ3v) is 5.78. The van der Waals surface area contributed by atoms with E-state index in [-0.39, 0.29) is 23.7 Å². The highest BCUT2D eigenvalue weighted by Gasteiger charge is 2.34. The zero-order valence-corrected chi connectivity index (χ0v) is 19.0. The van der Waals surface area contributed by atoms with Gasteiger partial charge in [-0.3, -0.25) is 14.5 Å². The van der Waals surface area contributed by atoms with E-state index in [4.69, 9.17) is 0 Å². The summed E-state index contributed by atoms with van der Waals surface area (Å²) in [4.78, 5) is 23.2. The van der Waals surface area contributed by atoms with Crippen molar-refractivity contribution in [2.45, 2.75) is 46.8 Å². The molecule has 0 bridgehead atoms. The highest BCUT2D eigenvalue weighted by atomic mass is 19.1. The van der Waals surface area contributed by atoms with Gasteiger partial charge in [0.2, 0.25) is 5.91 Å². The van der Waals surface area contributed by atoms with Gasteiger partial charge in [0.05, 0.1) is 36.0 Å². The van der Waals surface area contributed by atoms with Gasteiger partial charge in [0, 0.05) is 37.1 Å². The van der Waals surface area contributed by atoms with Crippen molar-refractivity contribution in [3.8, 4) is 0 Å². The Bertz CT molecular complexity index is 1160. The van der Waals surface area contributed by atoms with Crippen LogP contribution in [0, 0.1) is 25.6 Å². The number of halogens is 1. The van der Waals surface area contributed by atoms with Crippen molar-refractivity contribution >= 4 is 23.1 Å². The van der Waals surface area contributed by atoms with E-state index in [1.807, 2.05) is 51.9 Å². The normalized spacial score (nSPS) is 15.7. The van der Waals surface area contributed by atoms with Crippen molar-refractivity contribution in [2.75, 3.05) is 22.6 Å². The second-order valence-electron chi connectivity index (χ2n) is 8.57. The molecule has 0 aliphatic carbocycles. The van der Waals surface area contributed by atoms with E-state index < -0.39 is 0 Å². The van der Waals surface area contributed by atoms with Crippen LogP contribution >= 0.6 is 0 Å². The van der Waals surface area contributed by atoms with Crippen molar-refractivity contribution < 1.29 is 9.18 Å². The van der Waals surface area contributed by atoms with Crippen LogP contribution in [0.15, 0.2) is 30.7 Å². The molecule has 0 fully saturated rings. The fourth-order valence-electron chi connectivity index (χ4n) is 4.11. The largest absolute Gasteiger partial charge is 0.366 e. The predicted octanol–water partition coefficient (Wildman–Crippen LogP) is 3.50. The number of carbonyl (C=O) groups excluding carboxylic acids is 1. The average molecular weight is 438 g/mol. The fourth-order valence-corrected chi connectivity index (χ4v) is 4.11. The molecule has 1 aliphatic rings. The number of fused-ring (bicyclic) bond motifs is 1. The number of aromatic nitrogens is 4. The van der Waals surface area contributed by atoms with Gasteiger partial charge in [0.25, 0.3) is 0 Å². The summed E-state index contributed by atoms with van der Waals surface area (Å²) in [5.41, 5.74) is 5.02. The lowest BCUT2D eigenvalue weighted by Crippen LogP contribution is -2.49. The number of likely N-dealkylation sites (N-methyl/N-ethyl adjacent to an activating group) is 1. The molecule has 3 aromatic rings. The molecule has 1 aliphatic heterocycles. The molecule has 32 heavy (non-hydrogen) atoms. The van der Waals surface area contributed by atoms with Crippen LogP contribution in [0.25, 0.3) is 0 Å². The molecule has 0 saturated carbocycles. The van der Waals surface area contributed by atoms with Crippen molar-refractivity contribution in [1.29, 1.82) is 0 Å². The number of rotatable bonds is 6. The summed E-state index contributed by atoms with van der Waals surface area (Å²) in [5.74, 6) is 0.552. The standard InChI is InChI=1S/C23H28FN7O/c1-13(2)22-23(32)29-21-15(4)28-20(7-19(21)30(22)5)26-8-16-9-27-31(11-16)12-17-6-18(24)10-25-14(17)3/h6-7,9-11,13,22H,8,12H2,1-5H3,(H,26,28)(H,29,32)/t22-/m0/s1. The van der Waals surface area contributed by atoms with E-state index >= 15 is 0 Å². The minimum Gasteiger partial charge on any atom is -0.366 e. The van der Waals surface area contributed by atoms with Crippen LogP contribution in [0.2, 0.25) is 0 Å². The Labute approximate surface area is 186 Å². The Kier molecular flexibility index (Phi) is 5.82. The van der Waals surface area contributed by atoms with Crippen molar-refractivity contribution in [2.24, 2.45) is 5.92 Å². The number of hydrogen-bond acceptors (Lipinski definition) is 6. The Morgan fingerprint density at radius 2 is 2.00 bits per heavy atom. The van der Waals surface area contributed by atoms with Gasteiger partial charge >= 0.3 is 0 Å². The summed E-state index contributed by atoms with van der Waals surface area (Å²) >= 11 is 0. The molecule has 2 N–H and O–H groups in total. The van der Waals surface area contributed by atoms with Crippen LogP contribution in [0.1, 0.15) is 36.4 Å². The van der Waals surface area contributed by atoms with E-state index in [9.17, 15) is 9.18 Å². The summed E-state index contributed by atoms with van der Waals surface area (Å²) in [6, 6.07) is 3.22. The summed E-state index contributed by atoms with van der Waals surface area (Å²) < 4.78 is 15.3. The molecule has 0 saturated heterocycles. The Morgan fingerprint density at radius 1 is 1.22 bits per heavy atom. The first-order valence-corrected chi connectivity index (χ1v) is 10.6. The third-order valence-electron chi connectivity index (χ3n) is 5.78. The SMILES string of the molecule is Cc1ncc(F)cc1Cn1cc(CNc2cc3c(c(C)n2)NC(=O)[C@H](C(C)C)N3C)cn1. The molecule has 1 amide bonds. The van der Waals surface area contributed by atoms with Gasteiger partial charge in [0.15, 0.2) is 0 Å². The molecule has 3 aromatic heterocycles. The molecule has 9 heteroatoms. The second-order valence-corrected chi connectivity index (χ2v) is 8.57. The molecular formula is C23H28FN7O. The summed E-state index contributed by atoms with van der Waals surface area (Å²) in [6.45, 7) is 8.81. The molecular weight excluding hydrogens is 409 g/mol. The van der Waals surface area contributed by atoms with E-state index in [2.05, 4.69) is 25.7 Å². The van der Waals surface area contributed by atoms with Crippen molar-refractivity contribution in [3.63, 3.8) is 0 Å². The second kappa shape index (κ2) is 8.57. The Hall–Kier alpha value is -3.49. The number of nitrogens with zero attached hydrogens (tertiary/aromatic N) is 5. The molecule has 0 unspecified atom stereocenters. The first-order valence-electron chi connectivity index (χ1n) is 10.6. The molecule has 1 atom stereocenters. The Morgan fingerprint density at radius 3 is 2.75 bits per heavy atom. The van der Waals surface area contributed by atoms with E-state index in [1.165, 1.54) is 12.3 Å². The zero-order valence-electron chi connectivity index (χ0n) is 19.0. The molecule has 4 heterocycles. The van der Waals surface area contributed by atoms with Crippen LogP contribution in [0.5, 0.6) is 0 Å². The Balaban J connectivity index is 1.48. The highest BCUT2D eigenvalue weighted by Crippen LogP contribution is 2.36. The topological polar surface area (TPSA) is 88.0 Å². The number of amides is 1. The monoisotopic (exact) mass is 437 g/mol. The van der Waals surface area contributed by atoms with Crippen LogP contribution in [-0.4, -0.2) is 38.7 Å². The molecule has 0 radical (unpaired) electrons. The quantitative estimate of drug-likeness (QED) is 0.614. The molecule has 0 aromatic carbocycles. The summed E-state index contributed by atoms with van der Waals surface area (Å²) in [6.07, 6.45) is 4.92. The van der Waals surface area contributed by atoms with Crippen LogP contribution in [0.3, 0.4) is 0 Å². The van der Waals surface area contributed by atoms with Gasteiger partial charge in [0.1, 0.15) is 17.7 Å². The summed E-state index contributed by atoms with van der Waals surface area (Å²) in [5, 5.41) is 10.7. The van der Waals surface area contributed by atoms with Gasteiger partial charge in [-0.15, -0.1) is 0 Å². The van der Waals surface area contributed by atoms with E-state index in [0.29, 0.717) is 13.1 Å². The number of carbonyl (C=O) groups is 1. The smallest absolute Gasteiger partial charge is 0.247 e. The maximum absolute atomic E-state index is 13.5. The van der Waals surface area contributed by atoms with Gasteiger partial charge in [-0.2, -0.15) is 5.10 Å². The van der Waals surface area contributed by atoms with Crippen molar-refractivity contribution in [1.82, 2.24) is 19.7 Å². The van der Waals surface area contributed by atoms with Gasteiger partial charge in [-0.1, -0.05) is 13.8 Å². The van der Waals surface area contributed by atoms with E-state index in [0.717, 1.165) is 39.7 Å². The van der Waals surface area contributed by atoms with Crippen LogP contribution in [0.4, 0.5) is 21.6 Å². The highest BCUT2D eigenvalue weighted by molar-refractivity contribution is 6.04. The summed E-state index contributed by atoms with van der Waals surface area (Å²) in [7, 11) is 1.94. The lowest BCUT2D eigenvalue weighted by molar-refractivity contribution is -0.118. The molecule has 0 spiro atoms. The van der Waals surface area contributed by atoms with E-state index in [1.54, 1.807) is 10.9 Å². The minimum atomic E-state index is -0.352. The van der Waals surface area contributed by atoms with Crippen LogP contribution in [-0.2, 0) is 17.9 Å². The number of hydrogen-bond donors (Lipinski definition) is 2. The number of nitrogens with one attached hydrogen (secondary N) is 2. The molecule has 4 rings (SSSR count). The number of anilines is 3. The molecule has 168 valence electrons. The van der Waals surface area contributed by atoms with Crippen LogP contribution < -0.4 is 15.5 Å². The predicted molar refractivity (Wildman–Crippen MR) is 122 cm³/mol. The number of pyridine rings is 2. The van der Waals surface area contributed by atoms with Crippen molar-refractivity contribution in [3.05, 3.63) is 59.1 Å². The van der Waals surface area contributed by atoms with Gasteiger partial charge < -0.3 is 15.5 Å². The fraction of sp³-hybridized carbons (Fsp3) is 0.391. The van der Waals surface area contributed by atoms with Gasteiger partial charge in [-0.25, -0.2) is 9.37 Å². The molecule has 8 nitrogen and oxygen atoms in total. The third kappa shape index (κ3) is 4.28. The number of aryl methyl sites for hydroxylation is 2. The first kappa shape index (κ1) is 21.7. The zero-order chi connectivity index (χ0) is 23.0. The lowest BCUT2D eigenvalue weighted by Gasteiger charge is -2.38. The minimum absolute atomic E-state index is 0.00300.